The molecule has 0 aliphatic carbocycles. The quantitative estimate of drug-likeness (QED) is 0.898. The van der Waals surface area contributed by atoms with Crippen molar-refractivity contribution in [2.45, 2.75) is 32.9 Å². The molecule has 0 fully saturated rings. The molecule has 0 saturated carbocycles. The number of carboxylic acids is 1. The van der Waals surface area contributed by atoms with Crippen molar-refractivity contribution < 1.29 is 14.3 Å². The molecule has 4 heteroatoms. The Morgan fingerprint density at radius 2 is 2.11 bits per heavy atom. The van der Waals surface area contributed by atoms with Gasteiger partial charge in [-0.1, -0.05) is 25.1 Å². The third-order valence-electron chi connectivity index (χ3n) is 3.51. The molecule has 2 rings (SSSR count). The van der Waals surface area contributed by atoms with Crippen molar-refractivity contribution in [1.29, 1.82) is 0 Å². The van der Waals surface area contributed by atoms with Crippen molar-refractivity contribution in [3.63, 3.8) is 0 Å². The van der Waals surface area contributed by atoms with Crippen LogP contribution in [0.5, 0.6) is 0 Å². The number of carboxylic acid groups (broad SMARTS) is 1. The Hall–Kier alpha value is -1.81. The Balaban J connectivity index is 2.30. The monoisotopic (exact) mass is 261 g/mol. The average Bonchev–Trinajstić information content (AvgIpc) is 2.66. The molecule has 1 heterocycles. The number of aliphatic carboxylic acids is 1. The first kappa shape index (κ1) is 13.6. The summed E-state index contributed by atoms with van der Waals surface area (Å²) in [5.41, 5.74) is 1.92. The minimum absolute atomic E-state index is 0.465. The highest BCUT2D eigenvalue weighted by Crippen LogP contribution is 2.26. The van der Waals surface area contributed by atoms with Crippen molar-refractivity contribution in [3.05, 3.63) is 35.6 Å². The predicted molar refractivity (Wildman–Crippen MR) is 74.1 cm³/mol. The van der Waals surface area contributed by atoms with Crippen LogP contribution < -0.4 is 0 Å². The van der Waals surface area contributed by atoms with Crippen molar-refractivity contribution in [3.8, 4) is 0 Å². The van der Waals surface area contributed by atoms with Gasteiger partial charge in [-0.25, -0.2) is 0 Å². The van der Waals surface area contributed by atoms with Crippen LogP contribution in [0.3, 0.4) is 0 Å². The van der Waals surface area contributed by atoms with Gasteiger partial charge in [0.15, 0.2) is 0 Å². The zero-order valence-electron chi connectivity index (χ0n) is 11.5. The molecule has 0 aliphatic rings. The average molecular weight is 261 g/mol. The predicted octanol–water partition coefficient (Wildman–Crippen LogP) is 3.04. The molecular formula is C15H19NO3. The van der Waals surface area contributed by atoms with Crippen LogP contribution in [0.25, 0.3) is 11.0 Å². The lowest BCUT2D eigenvalue weighted by molar-refractivity contribution is -0.143. The maximum atomic E-state index is 11.2. The Labute approximate surface area is 112 Å². The van der Waals surface area contributed by atoms with E-state index in [1.807, 2.05) is 50.1 Å². The first-order chi connectivity index (χ1) is 9.04. The molecule has 1 unspecified atom stereocenters. The van der Waals surface area contributed by atoms with Crippen LogP contribution in [0.2, 0.25) is 0 Å². The van der Waals surface area contributed by atoms with Crippen LogP contribution in [0, 0.1) is 6.92 Å². The van der Waals surface area contributed by atoms with E-state index < -0.39 is 12.0 Å². The standard InChI is InChI=1S/C15H19NO3/c1-4-13(15(17)18)16(3)9-12-10(2)19-14-8-6-5-7-11(12)14/h5-8,13H,4,9H2,1-3H3,(H,17,18). The molecule has 0 saturated heterocycles. The van der Waals surface area contributed by atoms with Crippen LogP contribution in [-0.4, -0.2) is 29.1 Å². The van der Waals surface area contributed by atoms with Gasteiger partial charge in [0.25, 0.3) is 0 Å². The summed E-state index contributed by atoms with van der Waals surface area (Å²) in [5.74, 6) is 0.0729. The smallest absolute Gasteiger partial charge is 0.320 e. The van der Waals surface area contributed by atoms with Crippen LogP contribution >= 0.6 is 0 Å². The highest BCUT2D eigenvalue weighted by Gasteiger charge is 2.22. The van der Waals surface area contributed by atoms with Crippen molar-refractivity contribution >= 4 is 16.9 Å². The van der Waals surface area contributed by atoms with Crippen molar-refractivity contribution in [1.82, 2.24) is 4.90 Å². The van der Waals surface area contributed by atoms with Crippen LogP contribution in [-0.2, 0) is 11.3 Å². The topological polar surface area (TPSA) is 53.7 Å². The lowest BCUT2D eigenvalue weighted by atomic mass is 10.1. The van der Waals surface area contributed by atoms with Gasteiger partial charge < -0.3 is 9.52 Å². The van der Waals surface area contributed by atoms with E-state index in [-0.39, 0.29) is 0 Å². The summed E-state index contributed by atoms with van der Waals surface area (Å²) < 4.78 is 5.70. The molecule has 1 aromatic carbocycles. The lowest BCUT2D eigenvalue weighted by Crippen LogP contribution is -2.37. The van der Waals surface area contributed by atoms with Crippen LogP contribution in [0.1, 0.15) is 24.7 Å². The first-order valence-corrected chi connectivity index (χ1v) is 6.44. The van der Waals surface area contributed by atoms with E-state index in [1.165, 1.54) is 0 Å². The normalized spacial score (nSPS) is 13.1. The molecule has 1 N–H and O–H groups in total. The second-order valence-corrected chi connectivity index (χ2v) is 4.81. The Bertz CT molecular complexity index is 588. The summed E-state index contributed by atoms with van der Waals surface area (Å²) in [6.07, 6.45) is 0.584. The molecule has 4 nitrogen and oxygen atoms in total. The van der Waals surface area contributed by atoms with Crippen LogP contribution in [0.15, 0.2) is 28.7 Å². The number of fused-ring (bicyclic) bond motifs is 1. The summed E-state index contributed by atoms with van der Waals surface area (Å²) in [4.78, 5) is 13.0. The first-order valence-electron chi connectivity index (χ1n) is 6.44. The summed E-state index contributed by atoms with van der Waals surface area (Å²) in [5, 5.41) is 10.3. The zero-order valence-corrected chi connectivity index (χ0v) is 11.5. The fourth-order valence-corrected chi connectivity index (χ4v) is 2.45. The number of furan rings is 1. The molecule has 102 valence electrons. The van der Waals surface area contributed by atoms with E-state index in [1.54, 1.807) is 0 Å². The van der Waals surface area contributed by atoms with E-state index in [2.05, 4.69) is 0 Å². The Morgan fingerprint density at radius 1 is 1.42 bits per heavy atom. The van der Waals surface area contributed by atoms with Gasteiger partial charge in [0.2, 0.25) is 0 Å². The number of aryl methyl sites for hydroxylation is 1. The van der Waals surface area contributed by atoms with Gasteiger partial charge >= 0.3 is 5.97 Å². The van der Waals surface area contributed by atoms with Gasteiger partial charge in [-0.15, -0.1) is 0 Å². The minimum atomic E-state index is -0.782. The highest BCUT2D eigenvalue weighted by atomic mass is 16.4. The molecule has 0 bridgehead atoms. The SMILES string of the molecule is CCC(C(=O)O)N(C)Cc1c(C)oc2ccccc12. The number of benzene rings is 1. The van der Waals surface area contributed by atoms with E-state index in [9.17, 15) is 9.90 Å². The minimum Gasteiger partial charge on any atom is -0.480 e. The fourth-order valence-electron chi connectivity index (χ4n) is 2.45. The van der Waals surface area contributed by atoms with E-state index in [0.29, 0.717) is 13.0 Å². The summed E-state index contributed by atoms with van der Waals surface area (Å²) in [7, 11) is 1.84. The van der Waals surface area contributed by atoms with Crippen molar-refractivity contribution in [2.75, 3.05) is 7.05 Å². The summed E-state index contributed by atoms with van der Waals surface area (Å²) in [6.45, 7) is 4.38. The van der Waals surface area contributed by atoms with E-state index >= 15 is 0 Å². The third-order valence-corrected chi connectivity index (χ3v) is 3.51. The van der Waals surface area contributed by atoms with Gasteiger partial charge in [0, 0.05) is 17.5 Å². The van der Waals surface area contributed by atoms with Crippen molar-refractivity contribution in [2.24, 2.45) is 0 Å². The number of likely N-dealkylation sites (N-methyl/N-ethyl adjacent to an activating group) is 1. The van der Waals surface area contributed by atoms with Crippen LogP contribution in [0.4, 0.5) is 0 Å². The number of nitrogens with zero attached hydrogens (tertiary/aromatic N) is 1. The maximum Gasteiger partial charge on any atom is 0.320 e. The summed E-state index contributed by atoms with van der Waals surface area (Å²) >= 11 is 0. The summed E-state index contributed by atoms with van der Waals surface area (Å²) in [6, 6.07) is 7.38. The third kappa shape index (κ3) is 2.63. The number of rotatable bonds is 5. The lowest BCUT2D eigenvalue weighted by Gasteiger charge is -2.23. The molecular weight excluding hydrogens is 242 g/mol. The van der Waals surface area contributed by atoms with E-state index in [4.69, 9.17) is 4.42 Å². The molecule has 19 heavy (non-hydrogen) atoms. The second kappa shape index (κ2) is 5.45. The molecule has 2 aromatic rings. The molecule has 1 aromatic heterocycles. The molecule has 1 atom stereocenters. The Morgan fingerprint density at radius 3 is 2.74 bits per heavy atom. The molecule has 0 spiro atoms. The fraction of sp³-hybridized carbons (Fsp3) is 0.400. The zero-order chi connectivity index (χ0) is 14.0. The van der Waals surface area contributed by atoms with Gasteiger partial charge in [-0.2, -0.15) is 0 Å². The van der Waals surface area contributed by atoms with E-state index in [0.717, 1.165) is 22.3 Å². The van der Waals surface area contributed by atoms with Gasteiger partial charge in [-0.05, 0) is 26.5 Å². The number of carbonyl (C=O) groups is 1. The molecule has 0 amide bonds. The molecule has 0 radical (unpaired) electrons. The maximum absolute atomic E-state index is 11.2. The highest BCUT2D eigenvalue weighted by molar-refractivity contribution is 5.82. The molecule has 0 aliphatic heterocycles. The number of hydrogen-bond donors (Lipinski definition) is 1. The van der Waals surface area contributed by atoms with Gasteiger partial charge in [-0.3, -0.25) is 9.69 Å². The number of hydrogen-bond acceptors (Lipinski definition) is 3. The largest absolute Gasteiger partial charge is 0.480 e. The Kier molecular flexibility index (Phi) is 3.90. The van der Waals surface area contributed by atoms with Gasteiger partial charge in [0.05, 0.1) is 0 Å². The number of para-hydroxylation sites is 1. The van der Waals surface area contributed by atoms with Gasteiger partial charge in [0.1, 0.15) is 17.4 Å². The second-order valence-electron chi connectivity index (χ2n) is 4.81.